The maximum absolute atomic E-state index is 12.0. The van der Waals surface area contributed by atoms with Crippen molar-refractivity contribution in [2.45, 2.75) is 6.54 Å². The van der Waals surface area contributed by atoms with E-state index in [1.165, 1.54) is 0 Å². The average Bonchev–Trinajstić information content (AvgIpc) is 2.33. The molecule has 0 aliphatic carbocycles. The normalized spacial score (nSPS) is 9.67. The Bertz CT molecular complexity index is 543. The Morgan fingerprint density at radius 1 is 1.17 bits per heavy atom. The highest BCUT2D eigenvalue weighted by Crippen LogP contribution is 2.08. The first kappa shape index (κ1) is 15.8. The number of benzene rings is 1. The van der Waals surface area contributed by atoms with Gasteiger partial charge in [0.2, 0.25) is 16.9 Å². The number of aromatic nitrogens is 1. The summed E-state index contributed by atoms with van der Waals surface area (Å²) >= 11 is 5.64. The molecular formula is C13H10Br2INO. The predicted octanol–water partition coefficient (Wildman–Crippen LogP) is 0.228. The molecule has 0 bridgehead atoms. The highest BCUT2D eigenvalue weighted by atomic mass is 127. The van der Waals surface area contributed by atoms with Crippen molar-refractivity contribution in [1.82, 2.24) is 0 Å². The molecule has 0 aliphatic heterocycles. The van der Waals surface area contributed by atoms with E-state index in [1.54, 1.807) is 0 Å². The lowest BCUT2D eigenvalue weighted by atomic mass is 10.1. The van der Waals surface area contributed by atoms with Gasteiger partial charge in [-0.15, -0.1) is 0 Å². The summed E-state index contributed by atoms with van der Waals surface area (Å²) in [6.07, 6.45) is 1.88. The lowest BCUT2D eigenvalue weighted by molar-refractivity contribution is -0.694. The Hall–Kier alpha value is -0.270. The topological polar surface area (TPSA) is 20.9 Å². The number of ketones is 1. The van der Waals surface area contributed by atoms with Crippen LogP contribution in [0.5, 0.6) is 0 Å². The van der Waals surface area contributed by atoms with E-state index in [4.69, 9.17) is 0 Å². The molecule has 1 heterocycles. The van der Waals surface area contributed by atoms with Crippen LogP contribution >= 0.6 is 38.5 Å². The second-order valence-electron chi connectivity index (χ2n) is 3.58. The Morgan fingerprint density at radius 3 is 2.44 bits per heavy atom. The van der Waals surface area contributed by atoms with Crippen molar-refractivity contribution in [3.8, 4) is 0 Å². The number of carbonyl (C=O) groups excluding carboxylic acids is 1. The van der Waals surface area contributed by atoms with E-state index in [0.717, 1.165) is 13.7 Å². The van der Waals surface area contributed by atoms with Gasteiger partial charge in [0.05, 0.1) is 0 Å². The number of rotatable bonds is 3. The molecule has 0 amide bonds. The molecule has 0 saturated heterocycles. The highest BCUT2D eigenvalue weighted by Gasteiger charge is 2.14. The van der Waals surface area contributed by atoms with Crippen LogP contribution in [0, 0.1) is 3.57 Å². The van der Waals surface area contributed by atoms with Crippen LogP contribution in [-0.2, 0) is 6.54 Å². The Morgan fingerprint density at radius 2 is 1.83 bits per heavy atom. The van der Waals surface area contributed by atoms with Gasteiger partial charge in [-0.3, -0.25) is 4.79 Å². The van der Waals surface area contributed by atoms with Crippen LogP contribution in [0.1, 0.15) is 10.4 Å². The molecule has 2 rings (SSSR count). The Labute approximate surface area is 138 Å². The van der Waals surface area contributed by atoms with Crippen molar-refractivity contribution in [2.75, 3.05) is 0 Å². The van der Waals surface area contributed by atoms with Gasteiger partial charge in [0.25, 0.3) is 0 Å². The fourth-order valence-corrected chi connectivity index (χ4v) is 2.22. The molecule has 1 aromatic carbocycles. The maximum Gasteiger partial charge on any atom is 0.248 e. The molecule has 0 aliphatic rings. The predicted molar refractivity (Wildman–Crippen MR) is 77.8 cm³/mol. The number of halogens is 3. The molecule has 1 aromatic heterocycles. The molecular weight excluding hydrogens is 473 g/mol. The second kappa shape index (κ2) is 7.35. The lowest BCUT2D eigenvalue weighted by Gasteiger charge is -1.99. The summed E-state index contributed by atoms with van der Waals surface area (Å²) in [5.41, 5.74) is 0.744. The third-order valence-corrected chi connectivity index (χ3v) is 3.80. The van der Waals surface area contributed by atoms with Gasteiger partial charge in [-0.25, -0.2) is 0 Å². The van der Waals surface area contributed by atoms with Crippen molar-refractivity contribution in [2.24, 2.45) is 0 Å². The average molecular weight is 483 g/mol. The SMILES string of the molecule is O=C(C[n+]1ccccc1Br)c1ccc(I)cc1.[Br-]. The summed E-state index contributed by atoms with van der Waals surface area (Å²) < 4.78 is 3.91. The van der Waals surface area contributed by atoms with Gasteiger partial charge < -0.3 is 17.0 Å². The molecule has 0 fully saturated rings. The maximum atomic E-state index is 12.0. The van der Waals surface area contributed by atoms with E-state index in [0.29, 0.717) is 6.54 Å². The molecule has 18 heavy (non-hydrogen) atoms. The van der Waals surface area contributed by atoms with Crippen LogP contribution in [-0.4, -0.2) is 5.78 Å². The van der Waals surface area contributed by atoms with E-state index in [2.05, 4.69) is 38.5 Å². The third kappa shape index (κ3) is 4.13. The molecule has 0 spiro atoms. The zero-order valence-electron chi connectivity index (χ0n) is 9.32. The molecule has 94 valence electrons. The van der Waals surface area contributed by atoms with Crippen LogP contribution < -0.4 is 21.5 Å². The number of Topliss-reactive ketones (excluding diaryl/α,β-unsaturated/α-hetero) is 1. The van der Waals surface area contributed by atoms with Crippen molar-refractivity contribution in [1.29, 1.82) is 0 Å². The van der Waals surface area contributed by atoms with Gasteiger partial charge >= 0.3 is 0 Å². The zero-order valence-corrected chi connectivity index (χ0v) is 14.6. The number of hydrogen-bond donors (Lipinski definition) is 0. The van der Waals surface area contributed by atoms with E-state index in [9.17, 15) is 4.79 Å². The van der Waals surface area contributed by atoms with Crippen molar-refractivity contribution in [3.05, 3.63) is 62.4 Å². The number of nitrogens with zero attached hydrogens (tertiary/aromatic N) is 1. The molecule has 0 N–H and O–H groups in total. The fraction of sp³-hybridized carbons (Fsp3) is 0.0769. The lowest BCUT2D eigenvalue weighted by Crippen LogP contribution is -3.00. The van der Waals surface area contributed by atoms with Crippen molar-refractivity contribution >= 4 is 44.3 Å². The smallest absolute Gasteiger partial charge is 0.248 e. The van der Waals surface area contributed by atoms with E-state index < -0.39 is 0 Å². The summed E-state index contributed by atoms with van der Waals surface area (Å²) in [6, 6.07) is 13.4. The minimum Gasteiger partial charge on any atom is -1.00 e. The molecule has 0 atom stereocenters. The minimum absolute atomic E-state index is 0. The molecule has 0 radical (unpaired) electrons. The van der Waals surface area contributed by atoms with Crippen LogP contribution in [0.4, 0.5) is 0 Å². The van der Waals surface area contributed by atoms with E-state index >= 15 is 0 Å². The first-order valence-corrected chi connectivity index (χ1v) is 6.97. The molecule has 0 saturated carbocycles. The largest absolute Gasteiger partial charge is 1.00 e. The molecule has 0 unspecified atom stereocenters. The third-order valence-electron chi connectivity index (χ3n) is 2.37. The fourth-order valence-electron chi connectivity index (χ4n) is 1.47. The second-order valence-corrected chi connectivity index (χ2v) is 5.64. The van der Waals surface area contributed by atoms with Gasteiger partial charge in [-0.1, -0.05) is 12.1 Å². The van der Waals surface area contributed by atoms with Gasteiger partial charge in [0.15, 0.2) is 6.20 Å². The molecule has 2 nitrogen and oxygen atoms in total. The van der Waals surface area contributed by atoms with Crippen LogP contribution in [0.15, 0.2) is 53.3 Å². The number of hydrogen-bond acceptors (Lipinski definition) is 1. The monoisotopic (exact) mass is 481 g/mol. The number of carbonyl (C=O) groups is 1. The summed E-state index contributed by atoms with van der Waals surface area (Å²) in [5.74, 6) is 0.110. The summed E-state index contributed by atoms with van der Waals surface area (Å²) in [6.45, 7) is 0.349. The van der Waals surface area contributed by atoms with Gasteiger partial charge in [0.1, 0.15) is 0 Å². The van der Waals surface area contributed by atoms with Crippen LogP contribution in [0.2, 0.25) is 0 Å². The van der Waals surface area contributed by atoms with E-state index in [1.807, 2.05) is 53.2 Å². The number of pyridine rings is 1. The van der Waals surface area contributed by atoms with Crippen molar-refractivity contribution < 1.29 is 26.3 Å². The molecule has 2 aromatic rings. The van der Waals surface area contributed by atoms with E-state index in [-0.39, 0.29) is 22.8 Å². The Balaban J connectivity index is 0.00000162. The quantitative estimate of drug-likeness (QED) is 0.265. The Kier molecular flexibility index (Phi) is 6.45. The summed E-state index contributed by atoms with van der Waals surface area (Å²) in [7, 11) is 0. The minimum atomic E-state index is 0. The summed E-state index contributed by atoms with van der Waals surface area (Å²) in [5, 5.41) is 0. The van der Waals surface area contributed by atoms with Gasteiger partial charge in [-0.05, 0) is 40.8 Å². The highest BCUT2D eigenvalue weighted by molar-refractivity contribution is 14.1. The first-order chi connectivity index (χ1) is 8.16. The van der Waals surface area contributed by atoms with Crippen molar-refractivity contribution in [3.63, 3.8) is 0 Å². The van der Waals surface area contributed by atoms with Gasteiger partial charge in [0, 0.05) is 37.2 Å². The molecule has 5 heteroatoms. The first-order valence-electron chi connectivity index (χ1n) is 5.09. The summed E-state index contributed by atoms with van der Waals surface area (Å²) in [4.78, 5) is 12.0. The zero-order chi connectivity index (χ0) is 12.3. The van der Waals surface area contributed by atoms with Gasteiger partial charge in [-0.2, -0.15) is 4.57 Å². The van der Waals surface area contributed by atoms with Crippen LogP contribution in [0.25, 0.3) is 0 Å². The van der Waals surface area contributed by atoms with Crippen LogP contribution in [0.3, 0.4) is 0 Å². The standard InChI is InChI=1S/C13H10BrINO.BrH/c14-13-3-1-2-8-16(13)9-12(17)10-4-6-11(15)7-5-10;/h1-8H,9H2;1H/q+1;/p-1.